The summed E-state index contributed by atoms with van der Waals surface area (Å²) in [5, 5.41) is 8.93. The van der Waals surface area contributed by atoms with Gasteiger partial charge in [-0.05, 0) is 19.1 Å². The summed E-state index contributed by atoms with van der Waals surface area (Å²) >= 11 is 0. The molecule has 1 heterocycles. The van der Waals surface area contributed by atoms with E-state index in [0.29, 0.717) is 18.9 Å². The first-order valence-electron chi connectivity index (χ1n) is 5.75. The first kappa shape index (κ1) is 12.4. The van der Waals surface area contributed by atoms with E-state index in [4.69, 9.17) is 9.84 Å². The van der Waals surface area contributed by atoms with Crippen molar-refractivity contribution in [1.29, 1.82) is 0 Å². The molecule has 1 atom stereocenters. The van der Waals surface area contributed by atoms with E-state index >= 15 is 0 Å². The van der Waals surface area contributed by atoms with Gasteiger partial charge in [0.05, 0.1) is 11.6 Å². The summed E-state index contributed by atoms with van der Waals surface area (Å²) in [4.78, 5) is 24.1. The Balaban J connectivity index is 2.36. The number of fused-ring (bicyclic) bond motifs is 1. The van der Waals surface area contributed by atoms with Crippen molar-refractivity contribution >= 4 is 11.9 Å². The number of carbonyl (C=O) groups excluding carboxylic acids is 1. The van der Waals surface area contributed by atoms with Crippen LogP contribution in [0.5, 0.6) is 5.75 Å². The van der Waals surface area contributed by atoms with E-state index in [9.17, 15) is 9.59 Å². The smallest absolute Gasteiger partial charge is 0.335 e. The molecule has 0 saturated carbocycles. The maximum absolute atomic E-state index is 11.5. The summed E-state index contributed by atoms with van der Waals surface area (Å²) in [5.74, 6) is -0.450. The minimum atomic E-state index is -0.984. The first-order valence-corrected chi connectivity index (χ1v) is 5.75. The Kier molecular flexibility index (Phi) is 3.23. The van der Waals surface area contributed by atoms with Crippen LogP contribution in [0, 0.1) is 0 Å². The van der Waals surface area contributed by atoms with E-state index in [1.54, 1.807) is 11.0 Å². The zero-order chi connectivity index (χ0) is 13.3. The number of carbonyl (C=O) groups is 2. The van der Waals surface area contributed by atoms with Crippen LogP contribution in [-0.2, 0) is 11.3 Å². The molecule has 0 aromatic heterocycles. The molecule has 0 radical (unpaired) electrons. The molecule has 5 heteroatoms. The molecular weight excluding hydrogens is 234 g/mol. The highest BCUT2D eigenvalue weighted by Gasteiger charge is 2.23. The minimum absolute atomic E-state index is 0.0127. The Bertz CT molecular complexity index is 498. The molecule has 0 spiro atoms. The van der Waals surface area contributed by atoms with Crippen LogP contribution in [0.4, 0.5) is 0 Å². The van der Waals surface area contributed by atoms with Crippen LogP contribution in [0.25, 0.3) is 0 Å². The van der Waals surface area contributed by atoms with Crippen molar-refractivity contribution in [2.45, 2.75) is 26.4 Å². The van der Waals surface area contributed by atoms with E-state index in [1.807, 2.05) is 6.92 Å². The van der Waals surface area contributed by atoms with Gasteiger partial charge in [0, 0.05) is 19.0 Å². The summed E-state index contributed by atoms with van der Waals surface area (Å²) in [6.45, 7) is 4.25. The van der Waals surface area contributed by atoms with Gasteiger partial charge in [0.25, 0.3) is 0 Å². The van der Waals surface area contributed by atoms with E-state index in [-0.39, 0.29) is 17.5 Å². The average Bonchev–Trinajstić information content (AvgIpc) is 2.48. The third-order valence-corrected chi connectivity index (χ3v) is 3.07. The molecule has 0 unspecified atom stereocenters. The molecule has 1 aliphatic heterocycles. The van der Waals surface area contributed by atoms with Crippen LogP contribution in [0.15, 0.2) is 18.2 Å². The Morgan fingerprint density at radius 1 is 1.44 bits per heavy atom. The average molecular weight is 249 g/mol. The molecule has 0 saturated heterocycles. The zero-order valence-corrected chi connectivity index (χ0v) is 10.3. The number of rotatable bonds is 1. The maximum atomic E-state index is 11.5. The van der Waals surface area contributed by atoms with E-state index in [0.717, 1.165) is 5.56 Å². The normalized spacial score (nSPS) is 18.6. The first-order chi connectivity index (χ1) is 8.49. The maximum Gasteiger partial charge on any atom is 0.335 e. The lowest BCUT2D eigenvalue weighted by Gasteiger charge is -2.24. The van der Waals surface area contributed by atoms with Gasteiger partial charge in [-0.25, -0.2) is 4.79 Å². The summed E-state index contributed by atoms with van der Waals surface area (Å²) < 4.78 is 5.57. The Labute approximate surface area is 105 Å². The Hall–Kier alpha value is -2.04. The lowest BCUT2D eigenvalue weighted by molar-refractivity contribution is -0.131. The van der Waals surface area contributed by atoms with Gasteiger partial charge in [-0.3, -0.25) is 4.79 Å². The van der Waals surface area contributed by atoms with E-state index in [1.165, 1.54) is 19.1 Å². The van der Waals surface area contributed by atoms with Crippen molar-refractivity contribution in [2.24, 2.45) is 0 Å². The molecule has 1 aliphatic rings. The molecule has 0 aliphatic carbocycles. The number of hydrogen-bond donors (Lipinski definition) is 1. The van der Waals surface area contributed by atoms with E-state index in [2.05, 4.69) is 0 Å². The largest absolute Gasteiger partial charge is 0.491 e. The van der Waals surface area contributed by atoms with Gasteiger partial charge < -0.3 is 14.7 Å². The highest BCUT2D eigenvalue weighted by atomic mass is 16.5. The fraction of sp³-hybridized carbons (Fsp3) is 0.385. The summed E-state index contributed by atoms with van der Waals surface area (Å²) in [7, 11) is 0. The van der Waals surface area contributed by atoms with Crippen LogP contribution in [0.3, 0.4) is 0 Å². The molecule has 1 aromatic carbocycles. The van der Waals surface area contributed by atoms with Crippen LogP contribution in [0.2, 0.25) is 0 Å². The molecule has 0 fully saturated rings. The van der Waals surface area contributed by atoms with Crippen molar-refractivity contribution < 1.29 is 19.4 Å². The van der Waals surface area contributed by atoms with E-state index < -0.39 is 5.97 Å². The van der Waals surface area contributed by atoms with Crippen LogP contribution < -0.4 is 4.74 Å². The highest BCUT2D eigenvalue weighted by Crippen LogP contribution is 2.26. The van der Waals surface area contributed by atoms with Gasteiger partial charge in [-0.1, -0.05) is 6.07 Å². The molecule has 2 rings (SSSR count). The molecule has 1 aromatic rings. The van der Waals surface area contributed by atoms with Crippen LogP contribution in [-0.4, -0.2) is 34.5 Å². The minimum Gasteiger partial charge on any atom is -0.491 e. The number of benzene rings is 1. The second-order valence-corrected chi connectivity index (χ2v) is 4.43. The number of hydrogen-bond acceptors (Lipinski definition) is 3. The van der Waals surface area contributed by atoms with Crippen molar-refractivity contribution in [3.63, 3.8) is 0 Å². The van der Waals surface area contributed by atoms with Gasteiger partial charge in [0.2, 0.25) is 5.91 Å². The van der Waals surface area contributed by atoms with Gasteiger partial charge >= 0.3 is 5.97 Å². The van der Waals surface area contributed by atoms with Crippen LogP contribution in [0.1, 0.15) is 29.8 Å². The second-order valence-electron chi connectivity index (χ2n) is 4.43. The second kappa shape index (κ2) is 4.68. The third kappa shape index (κ3) is 2.30. The predicted molar refractivity (Wildman–Crippen MR) is 64.6 cm³/mol. The van der Waals surface area contributed by atoms with Crippen molar-refractivity contribution in [3.8, 4) is 5.75 Å². The summed E-state index contributed by atoms with van der Waals surface area (Å²) in [6.07, 6.45) is 0. The Morgan fingerprint density at radius 2 is 2.17 bits per heavy atom. The van der Waals surface area contributed by atoms with Gasteiger partial charge in [0.1, 0.15) is 12.4 Å². The Morgan fingerprint density at radius 3 is 2.78 bits per heavy atom. The topological polar surface area (TPSA) is 66.8 Å². The van der Waals surface area contributed by atoms with Gasteiger partial charge in [-0.15, -0.1) is 0 Å². The third-order valence-electron chi connectivity index (χ3n) is 3.07. The lowest BCUT2D eigenvalue weighted by atomic mass is 10.1. The quantitative estimate of drug-likeness (QED) is 0.819. The SMILES string of the molecule is CC(=O)N1Cc2ccc(C(=O)O)cc2OC[C@H]1C. The highest BCUT2D eigenvalue weighted by molar-refractivity contribution is 5.88. The monoisotopic (exact) mass is 249 g/mol. The lowest BCUT2D eigenvalue weighted by Crippen LogP contribution is -2.38. The fourth-order valence-electron chi connectivity index (χ4n) is 2.01. The molecular formula is C13H15NO4. The van der Waals surface area contributed by atoms with Crippen molar-refractivity contribution in [2.75, 3.05) is 6.61 Å². The summed E-state index contributed by atoms with van der Waals surface area (Å²) in [6, 6.07) is 4.71. The zero-order valence-electron chi connectivity index (χ0n) is 10.3. The number of carboxylic acids is 1. The molecule has 0 bridgehead atoms. The number of nitrogens with zero attached hydrogens (tertiary/aromatic N) is 1. The molecule has 18 heavy (non-hydrogen) atoms. The number of ether oxygens (including phenoxy) is 1. The fourth-order valence-corrected chi connectivity index (χ4v) is 2.01. The number of aromatic carboxylic acids is 1. The van der Waals surface area contributed by atoms with Crippen molar-refractivity contribution in [1.82, 2.24) is 4.90 Å². The molecule has 96 valence electrons. The molecule has 1 N–H and O–H groups in total. The van der Waals surface area contributed by atoms with Crippen molar-refractivity contribution in [3.05, 3.63) is 29.3 Å². The summed E-state index contributed by atoms with van der Waals surface area (Å²) in [5.41, 5.74) is 1.03. The predicted octanol–water partition coefficient (Wildman–Crippen LogP) is 1.51. The number of amides is 1. The van der Waals surface area contributed by atoms with Gasteiger partial charge in [-0.2, -0.15) is 0 Å². The standard InChI is InChI=1S/C13H15NO4/c1-8-7-18-12-5-10(13(16)17)3-4-11(12)6-14(8)9(2)15/h3-5,8H,6-7H2,1-2H3,(H,16,17)/t8-/m1/s1. The molecule has 5 nitrogen and oxygen atoms in total. The number of carboxylic acid groups (broad SMARTS) is 1. The van der Waals surface area contributed by atoms with Crippen LogP contribution >= 0.6 is 0 Å². The molecule has 1 amide bonds. The van der Waals surface area contributed by atoms with Gasteiger partial charge in [0.15, 0.2) is 0 Å².